The molecule has 0 spiro atoms. The van der Waals surface area contributed by atoms with Crippen LogP contribution in [0.25, 0.3) is 0 Å². The van der Waals surface area contributed by atoms with Crippen molar-refractivity contribution >= 4 is 35.0 Å². The molecule has 1 amide bonds. The van der Waals surface area contributed by atoms with Gasteiger partial charge in [0.15, 0.2) is 5.03 Å². The molecule has 1 heterocycles. The summed E-state index contributed by atoms with van der Waals surface area (Å²) in [6.07, 6.45) is 3.09. The Morgan fingerprint density at radius 3 is 2.47 bits per heavy atom. The van der Waals surface area contributed by atoms with Crippen molar-refractivity contribution in [3.05, 3.63) is 59.4 Å². The van der Waals surface area contributed by atoms with E-state index in [1.165, 1.54) is 32.2 Å². The van der Waals surface area contributed by atoms with Crippen molar-refractivity contribution in [1.82, 2.24) is 9.97 Å². The Labute approximate surface area is 183 Å². The van der Waals surface area contributed by atoms with Crippen molar-refractivity contribution in [3.63, 3.8) is 0 Å². The van der Waals surface area contributed by atoms with Crippen LogP contribution in [0.5, 0.6) is 23.1 Å². The highest BCUT2D eigenvalue weighted by molar-refractivity contribution is 8.00. The van der Waals surface area contributed by atoms with Crippen molar-refractivity contribution in [3.8, 4) is 23.1 Å². The van der Waals surface area contributed by atoms with E-state index in [0.29, 0.717) is 38.9 Å². The number of nitrogens with one attached hydrogen (secondary N) is 1. The van der Waals surface area contributed by atoms with Crippen molar-refractivity contribution in [2.45, 2.75) is 11.9 Å². The minimum Gasteiger partial charge on any atom is -0.495 e. The molecule has 0 radical (unpaired) electrons. The lowest BCUT2D eigenvalue weighted by Gasteiger charge is -2.13. The van der Waals surface area contributed by atoms with Gasteiger partial charge in [-0.3, -0.25) is 4.79 Å². The van der Waals surface area contributed by atoms with Crippen LogP contribution in [-0.2, 0) is 4.79 Å². The highest BCUT2D eigenvalue weighted by atomic mass is 35.5. The smallest absolute Gasteiger partial charge is 0.252 e. The fourth-order valence-electron chi connectivity index (χ4n) is 2.48. The lowest BCUT2D eigenvalue weighted by atomic mass is 10.2. The molecule has 0 saturated heterocycles. The number of carbonyl (C=O) groups is 1. The van der Waals surface area contributed by atoms with Crippen LogP contribution < -0.4 is 19.5 Å². The number of hydrogen-bond donors (Lipinski definition) is 1. The summed E-state index contributed by atoms with van der Waals surface area (Å²) in [5.41, 5.74) is 1.58. The molecule has 0 aliphatic carbocycles. The van der Waals surface area contributed by atoms with E-state index in [1.54, 1.807) is 18.3 Å². The van der Waals surface area contributed by atoms with Crippen LogP contribution in [0.4, 0.5) is 5.69 Å². The minimum atomic E-state index is -0.258. The molecule has 0 aliphatic heterocycles. The van der Waals surface area contributed by atoms with Gasteiger partial charge >= 0.3 is 0 Å². The van der Waals surface area contributed by atoms with Crippen molar-refractivity contribution in [2.75, 3.05) is 25.3 Å². The number of benzene rings is 2. The van der Waals surface area contributed by atoms with E-state index in [0.717, 1.165) is 5.56 Å². The molecule has 9 heteroatoms. The Kier molecular flexibility index (Phi) is 7.37. The second kappa shape index (κ2) is 10.2. The molecule has 2 aromatic carbocycles. The van der Waals surface area contributed by atoms with Crippen LogP contribution in [0.3, 0.4) is 0 Å². The number of aromatic nitrogens is 2. The quantitative estimate of drug-likeness (QED) is 0.489. The first-order valence-corrected chi connectivity index (χ1v) is 10.3. The third-order valence-electron chi connectivity index (χ3n) is 3.96. The van der Waals surface area contributed by atoms with E-state index in [4.69, 9.17) is 25.8 Å². The Morgan fingerprint density at radius 1 is 1.07 bits per heavy atom. The van der Waals surface area contributed by atoms with Gasteiger partial charge in [-0.05, 0) is 25.1 Å². The number of carbonyl (C=O) groups excluding carboxylic acids is 1. The standard InChI is InChI=1S/C21H20ClN3O4S/c1-13-4-6-14(7-5-13)29-20-21(24-9-8-23-20)30-12-19(26)25-16-10-15(22)17(27-2)11-18(16)28-3/h4-11H,12H2,1-3H3,(H,25,26). The van der Waals surface area contributed by atoms with Crippen molar-refractivity contribution in [2.24, 2.45) is 0 Å². The predicted octanol–water partition coefficient (Wildman–Crippen LogP) is 4.98. The summed E-state index contributed by atoms with van der Waals surface area (Å²) in [5, 5.41) is 3.66. The topological polar surface area (TPSA) is 82.6 Å². The average molecular weight is 446 g/mol. The number of anilines is 1. The first-order chi connectivity index (χ1) is 14.5. The molecular weight excluding hydrogens is 426 g/mol. The maximum absolute atomic E-state index is 12.5. The number of halogens is 1. The Morgan fingerprint density at radius 2 is 1.77 bits per heavy atom. The normalized spacial score (nSPS) is 10.4. The Hall–Kier alpha value is -2.97. The molecule has 3 rings (SSSR count). The van der Waals surface area contributed by atoms with E-state index >= 15 is 0 Å². The van der Waals surface area contributed by atoms with Crippen LogP contribution in [0.15, 0.2) is 53.8 Å². The van der Waals surface area contributed by atoms with Crippen LogP contribution >= 0.6 is 23.4 Å². The van der Waals surface area contributed by atoms with Gasteiger partial charge in [0.2, 0.25) is 5.91 Å². The maximum atomic E-state index is 12.5. The van der Waals surface area contributed by atoms with Crippen LogP contribution in [-0.4, -0.2) is 35.8 Å². The third-order valence-corrected chi connectivity index (χ3v) is 5.21. The number of methoxy groups -OCH3 is 2. The molecule has 0 unspecified atom stereocenters. The van der Waals surface area contributed by atoms with Gasteiger partial charge in [-0.15, -0.1) is 0 Å². The third kappa shape index (κ3) is 5.55. The van der Waals surface area contributed by atoms with Gasteiger partial charge in [-0.25, -0.2) is 9.97 Å². The fourth-order valence-corrected chi connectivity index (χ4v) is 3.41. The summed E-state index contributed by atoms with van der Waals surface area (Å²) in [5.74, 6) is 1.71. The highest BCUT2D eigenvalue weighted by Gasteiger charge is 2.15. The molecule has 3 aromatic rings. The summed E-state index contributed by atoms with van der Waals surface area (Å²) < 4.78 is 16.3. The maximum Gasteiger partial charge on any atom is 0.252 e. The molecule has 0 fully saturated rings. The van der Waals surface area contributed by atoms with Gasteiger partial charge in [-0.2, -0.15) is 0 Å². The minimum absolute atomic E-state index is 0.0930. The van der Waals surface area contributed by atoms with Crippen LogP contribution in [0, 0.1) is 6.92 Å². The molecular formula is C21H20ClN3O4S. The van der Waals surface area contributed by atoms with Gasteiger partial charge in [0.1, 0.15) is 17.2 Å². The zero-order valence-corrected chi connectivity index (χ0v) is 18.2. The first-order valence-electron chi connectivity index (χ1n) is 8.90. The van der Waals surface area contributed by atoms with Gasteiger partial charge in [-0.1, -0.05) is 41.1 Å². The SMILES string of the molecule is COc1cc(OC)c(NC(=O)CSc2nccnc2Oc2ccc(C)cc2)cc1Cl. The Balaban J connectivity index is 1.67. The van der Waals surface area contributed by atoms with Gasteiger partial charge in [0, 0.05) is 18.5 Å². The lowest BCUT2D eigenvalue weighted by Crippen LogP contribution is -2.15. The van der Waals surface area contributed by atoms with E-state index < -0.39 is 0 Å². The van der Waals surface area contributed by atoms with Gasteiger partial charge in [0.25, 0.3) is 5.88 Å². The number of nitrogens with zero attached hydrogens (tertiary/aromatic N) is 2. The summed E-state index contributed by atoms with van der Waals surface area (Å²) in [6.45, 7) is 2.00. The van der Waals surface area contributed by atoms with Crippen molar-refractivity contribution in [1.29, 1.82) is 0 Å². The van der Waals surface area contributed by atoms with Crippen LogP contribution in [0.1, 0.15) is 5.56 Å². The molecule has 30 heavy (non-hydrogen) atoms. The summed E-state index contributed by atoms with van der Waals surface area (Å²) in [7, 11) is 3.01. The van der Waals surface area contributed by atoms with Crippen LogP contribution in [0.2, 0.25) is 5.02 Å². The molecule has 0 atom stereocenters. The molecule has 1 N–H and O–H groups in total. The second-order valence-electron chi connectivity index (χ2n) is 6.11. The molecule has 0 saturated carbocycles. The van der Waals surface area contributed by atoms with E-state index in [1.807, 2.05) is 31.2 Å². The average Bonchev–Trinajstić information content (AvgIpc) is 2.75. The molecule has 156 valence electrons. The summed E-state index contributed by atoms with van der Waals surface area (Å²) in [4.78, 5) is 21.0. The lowest BCUT2D eigenvalue weighted by molar-refractivity contribution is -0.113. The van der Waals surface area contributed by atoms with Crippen molar-refractivity contribution < 1.29 is 19.0 Å². The number of rotatable bonds is 8. The van der Waals surface area contributed by atoms with E-state index in [-0.39, 0.29) is 11.7 Å². The highest BCUT2D eigenvalue weighted by Crippen LogP contribution is 2.36. The number of thioether (sulfide) groups is 1. The zero-order chi connectivity index (χ0) is 21.5. The van der Waals surface area contributed by atoms with Gasteiger partial charge in [0.05, 0.1) is 30.7 Å². The molecule has 0 aliphatic rings. The zero-order valence-electron chi connectivity index (χ0n) is 16.6. The van der Waals surface area contributed by atoms with Gasteiger partial charge < -0.3 is 19.5 Å². The Bertz CT molecular complexity index is 1030. The largest absolute Gasteiger partial charge is 0.495 e. The summed E-state index contributed by atoms with van der Waals surface area (Å²) >= 11 is 7.36. The summed E-state index contributed by atoms with van der Waals surface area (Å²) in [6, 6.07) is 10.8. The number of ether oxygens (including phenoxy) is 3. The number of aryl methyl sites for hydroxylation is 1. The molecule has 0 bridgehead atoms. The van der Waals surface area contributed by atoms with E-state index in [2.05, 4.69) is 15.3 Å². The number of amides is 1. The fraction of sp³-hybridized carbons (Fsp3) is 0.190. The molecule has 1 aromatic heterocycles. The monoisotopic (exact) mass is 445 g/mol. The van der Waals surface area contributed by atoms with E-state index in [9.17, 15) is 4.79 Å². The first kappa shape index (κ1) is 21.7. The number of hydrogen-bond acceptors (Lipinski definition) is 7. The predicted molar refractivity (Wildman–Crippen MR) is 117 cm³/mol. The molecule has 7 nitrogen and oxygen atoms in total. The second-order valence-corrected chi connectivity index (χ2v) is 7.48.